The molecule has 2 aromatic heterocycles. The van der Waals surface area contributed by atoms with Crippen molar-refractivity contribution in [2.75, 3.05) is 0 Å². The van der Waals surface area contributed by atoms with Crippen LogP contribution in [0.5, 0.6) is 0 Å². The van der Waals surface area contributed by atoms with Crippen LogP contribution in [0.1, 0.15) is 22.3 Å². The van der Waals surface area contributed by atoms with Gasteiger partial charge in [0.1, 0.15) is 7.05 Å². The zero-order valence-corrected chi connectivity index (χ0v) is 20.5. The van der Waals surface area contributed by atoms with E-state index in [9.17, 15) is 0 Å². The highest BCUT2D eigenvalue weighted by Crippen LogP contribution is 2.36. The van der Waals surface area contributed by atoms with Crippen LogP contribution in [0.3, 0.4) is 0 Å². The number of benzene rings is 4. The van der Waals surface area contributed by atoms with Crippen molar-refractivity contribution in [1.29, 1.82) is 0 Å². The van der Waals surface area contributed by atoms with Gasteiger partial charge in [0, 0.05) is 22.0 Å². The van der Waals surface area contributed by atoms with Gasteiger partial charge in [-0.05, 0) is 80.6 Å². The summed E-state index contributed by atoms with van der Waals surface area (Å²) in [7, 11) is 2.17. The zero-order chi connectivity index (χ0) is 23.6. The highest BCUT2D eigenvalue weighted by molar-refractivity contribution is 6.09. The van der Waals surface area contributed by atoms with Gasteiger partial charge in [0.2, 0.25) is 5.69 Å². The van der Waals surface area contributed by atoms with E-state index in [1.54, 1.807) is 0 Å². The average molecular weight is 442 g/mol. The van der Waals surface area contributed by atoms with Crippen molar-refractivity contribution in [1.82, 2.24) is 4.57 Å². The maximum absolute atomic E-state index is 2.40. The van der Waals surface area contributed by atoms with Crippen LogP contribution in [0.15, 0.2) is 85.1 Å². The number of nitrogens with zero attached hydrogens (tertiary/aromatic N) is 2. The van der Waals surface area contributed by atoms with E-state index in [4.69, 9.17) is 0 Å². The predicted molar refractivity (Wildman–Crippen MR) is 144 cm³/mol. The first-order valence-corrected chi connectivity index (χ1v) is 11.9. The molecule has 0 atom stereocenters. The molecular weight excluding hydrogens is 412 g/mol. The van der Waals surface area contributed by atoms with Gasteiger partial charge in [-0.2, -0.15) is 0 Å². The van der Waals surface area contributed by atoms with E-state index in [0.29, 0.717) is 0 Å². The SMILES string of the molecule is Cc1cc(C)c(C)c(-c2c3ccc(-n4c5ccccc5c5ccccc54)cc3c(C)c[n+]2C)c1. The summed E-state index contributed by atoms with van der Waals surface area (Å²) in [5.74, 6) is 0. The highest BCUT2D eigenvalue weighted by Gasteiger charge is 2.21. The maximum Gasteiger partial charge on any atom is 0.220 e. The molecule has 166 valence electrons. The average Bonchev–Trinajstić information content (AvgIpc) is 3.16. The molecule has 0 aliphatic rings. The largest absolute Gasteiger partial charge is 0.309 e. The second-order valence-corrected chi connectivity index (χ2v) is 9.63. The molecule has 0 bridgehead atoms. The van der Waals surface area contributed by atoms with Gasteiger partial charge in [0.15, 0.2) is 6.20 Å². The molecule has 6 rings (SSSR count). The van der Waals surface area contributed by atoms with Crippen LogP contribution in [-0.4, -0.2) is 4.57 Å². The molecule has 2 heterocycles. The summed E-state index contributed by atoms with van der Waals surface area (Å²) in [6, 6.07) is 29.0. The Morgan fingerprint density at radius 1 is 0.618 bits per heavy atom. The molecule has 4 aromatic carbocycles. The van der Waals surface area contributed by atoms with Crippen LogP contribution in [0.4, 0.5) is 0 Å². The van der Waals surface area contributed by atoms with E-state index in [-0.39, 0.29) is 0 Å². The maximum atomic E-state index is 2.40. The summed E-state index contributed by atoms with van der Waals surface area (Å²) in [6.45, 7) is 8.85. The highest BCUT2D eigenvalue weighted by atomic mass is 15.0. The number of para-hydroxylation sites is 2. The van der Waals surface area contributed by atoms with Crippen LogP contribution < -0.4 is 4.57 Å². The van der Waals surface area contributed by atoms with Crippen molar-refractivity contribution in [2.24, 2.45) is 7.05 Å². The van der Waals surface area contributed by atoms with Crippen molar-refractivity contribution in [2.45, 2.75) is 27.7 Å². The predicted octanol–water partition coefficient (Wildman–Crippen LogP) is 7.66. The minimum absolute atomic E-state index is 1.20. The lowest BCUT2D eigenvalue weighted by Gasteiger charge is -2.14. The molecule has 6 aromatic rings. The molecule has 34 heavy (non-hydrogen) atoms. The van der Waals surface area contributed by atoms with Crippen LogP contribution in [0, 0.1) is 27.7 Å². The third-order valence-electron chi connectivity index (χ3n) is 7.33. The topological polar surface area (TPSA) is 8.81 Å². The molecule has 0 spiro atoms. The van der Waals surface area contributed by atoms with Gasteiger partial charge in [-0.15, -0.1) is 0 Å². The van der Waals surface area contributed by atoms with Crippen LogP contribution in [-0.2, 0) is 7.05 Å². The summed E-state index contributed by atoms with van der Waals surface area (Å²) in [5, 5.41) is 5.17. The van der Waals surface area contributed by atoms with E-state index < -0.39 is 0 Å². The standard InChI is InChI=1S/C32H29N2/c1-20-16-21(2)23(4)29(17-20)32-27-15-14-24(18-28(27)22(3)19-33(32)5)34-30-12-8-6-10-25(30)26-11-7-9-13-31(26)34/h6-19H,1-5H3/q+1. The summed E-state index contributed by atoms with van der Waals surface area (Å²) in [6.07, 6.45) is 2.27. The van der Waals surface area contributed by atoms with E-state index in [0.717, 1.165) is 0 Å². The minimum Gasteiger partial charge on any atom is -0.309 e. The van der Waals surface area contributed by atoms with Crippen molar-refractivity contribution in [3.05, 3.63) is 107 Å². The summed E-state index contributed by atoms with van der Waals surface area (Å²) in [4.78, 5) is 0. The van der Waals surface area contributed by atoms with Crippen LogP contribution >= 0.6 is 0 Å². The monoisotopic (exact) mass is 441 g/mol. The van der Waals surface area contributed by atoms with Crippen molar-refractivity contribution < 1.29 is 4.57 Å². The lowest BCUT2D eigenvalue weighted by Crippen LogP contribution is -2.31. The molecule has 0 aliphatic carbocycles. The molecule has 2 heteroatoms. The third-order valence-corrected chi connectivity index (χ3v) is 7.33. The van der Waals surface area contributed by atoms with Crippen molar-refractivity contribution in [3.8, 4) is 16.9 Å². The molecule has 0 saturated carbocycles. The number of pyridine rings is 1. The molecule has 2 nitrogen and oxygen atoms in total. The van der Waals surface area contributed by atoms with E-state index >= 15 is 0 Å². The first-order chi connectivity index (χ1) is 16.4. The minimum atomic E-state index is 1.20. The van der Waals surface area contributed by atoms with Gasteiger partial charge in [-0.25, -0.2) is 4.57 Å². The normalized spacial score (nSPS) is 11.7. The van der Waals surface area contributed by atoms with Crippen molar-refractivity contribution >= 4 is 32.6 Å². The molecule has 0 amide bonds. The fourth-order valence-electron chi connectivity index (χ4n) is 5.64. The lowest BCUT2D eigenvalue weighted by atomic mass is 9.93. The number of hydrogen-bond donors (Lipinski definition) is 0. The summed E-state index contributed by atoms with van der Waals surface area (Å²) >= 11 is 0. The van der Waals surface area contributed by atoms with Gasteiger partial charge in [-0.3, -0.25) is 0 Å². The molecule has 0 radical (unpaired) electrons. The van der Waals surface area contributed by atoms with Gasteiger partial charge < -0.3 is 4.57 Å². The Morgan fingerprint density at radius 3 is 1.94 bits per heavy atom. The Kier molecular flexibility index (Phi) is 4.60. The van der Waals surface area contributed by atoms with Crippen LogP contribution in [0.2, 0.25) is 0 Å². The lowest BCUT2D eigenvalue weighted by molar-refractivity contribution is -0.659. The number of fused-ring (bicyclic) bond motifs is 4. The fourth-order valence-corrected chi connectivity index (χ4v) is 5.64. The van der Waals surface area contributed by atoms with Crippen LogP contribution in [0.25, 0.3) is 49.5 Å². The Morgan fingerprint density at radius 2 is 1.26 bits per heavy atom. The Labute approximate surface area is 200 Å². The molecule has 0 N–H and O–H groups in total. The first kappa shape index (κ1) is 20.7. The number of rotatable bonds is 2. The quantitative estimate of drug-likeness (QED) is 0.244. The molecular formula is C32H29N2+. The number of aromatic nitrogens is 2. The smallest absolute Gasteiger partial charge is 0.220 e. The molecule has 0 unspecified atom stereocenters. The Bertz CT molecular complexity index is 1700. The molecule has 0 aliphatic heterocycles. The number of hydrogen-bond acceptors (Lipinski definition) is 0. The zero-order valence-electron chi connectivity index (χ0n) is 20.5. The van der Waals surface area contributed by atoms with E-state index in [2.05, 4.69) is 129 Å². The Balaban J connectivity index is 1.68. The van der Waals surface area contributed by atoms with E-state index in [1.165, 1.54) is 71.8 Å². The van der Waals surface area contributed by atoms with Crippen molar-refractivity contribution in [3.63, 3.8) is 0 Å². The first-order valence-electron chi connectivity index (χ1n) is 11.9. The molecule has 0 saturated heterocycles. The second kappa shape index (κ2) is 7.56. The van der Waals surface area contributed by atoms with Gasteiger partial charge in [0.25, 0.3) is 0 Å². The summed E-state index contributed by atoms with van der Waals surface area (Å²) < 4.78 is 4.69. The summed E-state index contributed by atoms with van der Waals surface area (Å²) in [5.41, 5.74) is 11.5. The third kappa shape index (κ3) is 2.99. The second-order valence-electron chi connectivity index (χ2n) is 9.63. The number of aryl methyl sites for hydroxylation is 4. The van der Waals surface area contributed by atoms with Gasteiger partial charge in [-0.1, -0.05) is 48.0 Å². The molecule has 0 fully saturated rings. The van der Waals surface area contributed by atoms with Gasteiger partial charge in [0.05, 0.1) is 22.0 Å². The van der Waals surface area contributed by atoms with E-state index in [1.807, 2.05) is 0 Å². The fraction of sp³-hybridized carbons (Fsp3) is 0.156. The van der Waals surface area contributed by atoms with Gasteiger partial charge >= 0.3 is 0 Å². The Hall–Kier alpha value is -3.91.